The number of carbonyl (C=O) groups is 2. The summed E-state index contributed by atoms with van der Waals surface area (Å²) in [4.78, 5) is 29.0. The van der Waals surface area contributed by atoms with Crippen LogP contribution in [0.1, 0.15) is 41.4 Å². The van der Waals surface area contributed by atoms with Crippen LogP contribution in [-0.2, 0) is 11.2 Å². The van der Waals surface area contributed by atoms with Gasteiger partial charge in [0, 0.05) is 16.0 Å². The molecule has 2 heterocycles. The molecule has 2 aromatic heterocycles. The molecule has 0 aliphatic rings. The van der Waals surface area contributed by atoms with Crippen LogP contribution in [0.15, 0.2) is 66.7 Å². The molecule has 2 amide bonds. The van der Waals surface area contributed by atoms with Crippen LogP contribution in [0.4, 0.5) is 11.4 Å². The first-order chi connectivity index (χ1) is 17.9. The molecular weight excluding hydrogens is 490 g/mol. The highest BCUT2D eigenvalue weighted by Crippen LogP contribution is 2.29. The monoisotopic (exact) mass is 513 g/mol. The summed E-state index contributed by atoms with van der Waals surface area (Å²) in [7, 11) is 0. The number of H-pyrrole nitrogens is 2. The number of para-hydroxylation sites is 1. The van der Waals surface area contributed by atoms with Crippen molar-refractivity contribution in [3.8, 4) is 11.4 Å². The number of fused-ring (bicyclic) bond motifs is 1. The van der Waals surface area contributed by atoms with Crippen molar-refractivity contribution in [3.05, 3.63) is 88.6 Å². The van der Waals surface area contributed by atoms with E-state index in [1.807, 2.05) is 24.3 Å². The first-order valence-corrected chi connectivity index (χ1v) is 12.1. The average Bonchev–Trinajstić information content (AvgIpc) is 3.56. The molecule has 0 spiro atoms. The minimum Gasteiger partial charge on any atom is -0.349 e. The molecule has 37 heavy (non-hydrogen) atoms. The zero-order chi connectivity index (χ0) is 25.9. The smallest absolute Gasteiger partial charge is 0.272 e. The van der Waals surface area contributed by atoms with Crippen LogP contribution >= 0.6 is 11.6 Å². The van der Waals surface area contributed by atoms with Crippen LogP contribution < -0.4 is 10.6 Å². The third-order valence-corrected chi connectivity index (χ3v) is 6.24. The largest absolute Gasteiger partial charge is 0.349 e. The predicted molar refractivity (Wildman–Crippen MR) is 144 cm³/mol. The van der Waals surface area contributed by atoms with Crippen LogP contribution in [0.2, 0.25) is 5.02 Å². The second-order valence-corrected chi connectivity index (χ2v) is 9.39. The van der Waals surface area contributed by atoms with E-state index in [1.165, 1.54) is 5.56 Å². The molecule has 0 unspecified atom stereocenters. The summed E-state index contributed by atoms with van der Waals surface area (Å²) in [6, 6.07) is 20.3. The van der Waals surface area contributed by atoms with Gasteiger partial charge in [-0.1, -0.05) is 61.8 Å². The fourth-order valence-corrected chi connectivity index (χ4v) is 4.23. The minimum atomic E-state index is -0.370. The second-order valence-electron chi connectivity index (χ2n) is 8.95. The van der Waals surface area contributed by atoms with Gasteiger partial charge in [-0.05, 0) is 52.6 Å². The van der Waals surface area contributed by atoms with Gasteiger partial charge in [-0.3, -0.25) is 9.59 Å². The molecule has 4 N–H and O–H groups in total. The van der Waals surface area contributed by atoms with Gasteiger partial charge in [0.2, 0.25) is 11.7 Å². The number of anilines is 2. The second kappa shape index (κ2) is 10.2. The fraction of sp³-hybridized carbons (Fsp3) is 0.148. The van der Waals surface area contributed by atoms with Gasteiger partial charge in [0.05, 0.1) is 23.3 Å². The van der Waals surface area contributed by atoms with Gasteiger partial charge in [0.1, 0.15) is 5.69 Å². The standard InChI is InChI=1S/C27H24ClN7O2/c1-15(2)17-8-6-16(7-9-17)12-24(36)29-22-5-3-4-18-13-23(30-25(18)22)27(37)31-21-11-10-19(28)14-20(21)26-32-34-35-33-26/h3-11,13-15,30H,12H2,1-2H3,(H,29,36)(H,31,37)(H,32,33,34,35). The lowest BCUT2D eigenvalue weighted by Gasteiger charge is -2.09. The number of hydrogen-bond acceptors (Lipinski definition) is 5. The molecule has 9 nitrogen and oxygen atoms in total. The maximum absolute atomic E-state index is 13.1. The Kier molecular flexibility index (Phi) is 6.70. The highest BCUT2D eigenvalue weighted by molar-refractivity contribution is 6.31. The number of nitrogens with one attached hydrogen (secondary N) is 4. The molecule has 5 rings (SSSR count). The molecule has 0 aliphatic heterocycles. The number of halogens is 1. The Morgan fingerprint density at radius 3 is 2.51 bits per heavy atom. The Labute approximate surface area is 217 Å². The maximum atomic E-state index is 13.1. The number of tetrazole rings is 1. The molecule has 0 fully saturated rings. The van der Waals surface area contributed by atoms with Crippen molar-refractivity contribution in [2.24, 2.45) is 0 Å². The molecule has 0 bridgehead atoms. The Bertz CT molecular complexity index is 1570. The zero-order valence-corrected chi connectivity index (χ0v) is 20.9. The minimum absolute atomic E-state index is 0.142. The quantitative estimate of drug-likeness (QED) is 0.226. The number of nitrogens with zero attached hydrogens (tertiary/aromatic N) is 3. The van der Waals surface area contributed by atoms with Crippen LogP contribution in [0, 0.1) is 0 Å². The molecule has 0 atom stereocenters. The van der Waals surface area contributed by atoms with Crippen LogP contribution in [0.25, 0.3) is 22.3 Å². The van der Waals surface area contributed by atoms with E-state index in [-0.39, 0.29) is 18.2 Å². The molecular formula is C27H24ClN7O2. The van der Waals surface area contributed by atoms with Crippen molar-refractivity contribution < 1.29 is 9.59 Å². The van der Waals surface area contributed by atoms with Crippen molar-refractivity contribution in [1.82, 2.24) is 25.6 Å². The summed E-state index contributed by atoms with van der Waals surface area (Å²) in [6.45, 7) is 4.27. The Morgan fingerprint density at radius 2 is 1.78 bits per heavy atom. The van der Waals surface area contributed by atoms with Gasteiger partial charge in [-0.25, -0.2) is 0 Å². The van der Waals surface area contributed by atoms with E-state index >= 15 is 0 Å². The third kappa shape index (κ3) is 5.36. The lowest BCUT2D eigenvalue weighted by atomic mass is 10.0. The van der Waals surface area contributed by atoms with Gasteiger partial charge in [0.15, 0.2) is 0 Å². The normalized spacial score (nSPS) is 11.1. The Balaban J connectivity index is 1.34. The summed E-state index contributed by atoms with van der Waals surface area (Å²) < 4.78 is 0. The van der Waals surface area contributed by atoms with Crippen LogP contribution in [0.5, 0.6) is 0 Å². The van der Waals surface area contributed by atoms with E-state index in [1.54, 1.807) is 30.3 Å². The Morgan fingerprint density at radius 1 is 0.973 bits per heavy atom. The average molecular weight is 514 g/mol. The lowest BCUT2D eigenvalue weighted by Crippen LogP contribution is -2.15. The first kappa shape index (κ1) is 24.2. The van der Waals surface area contributed by atoms with Gasteiger partial charge in [-0.15, -0.1) is 10.2 Å². The SMILES string of the molecule is CC(C)c1ccc(CC(=O)Nc2cccc3cc(C(=O)Nc4ccc(Cl)cc4-c4nn[nH]n4)[nH]c23)cc1. The van der Waals surface area contributed by atoms with Gasteiger partial charge < -0.3 is 15.6 Å². The molecule has 0 saturated heterocycles. The molecule has 186 valence electrons. The van der Waals surface area contributed by atoms with E-state index in [0.717, 1.165) is 10.9 Å². The zero-order valence-electron chi connectivity index (χ0n) is 20.2. The summed E-state index contributed by atoms with van der Waals surface area (Å²) in [6.07, 6.45) is 0.248. The number of hydrogen-bond donors (Lipinski definition) is 4. The lowest BCUT2D eigenvalue weighted by molar-refractivity contribution is -0.115. The number of aromatic nitrogens is 5. The van der Waals surface area contributed by atoms with Crippen LogP contribution in [-0.4, -0.2) is 37.4 Å². The molecule has 5 aromatic rings. The summed E-state index contributed by atoms with van der Waals surface area (Å²) in [5.41, 5.74) is 4.75. The molecule has 0 aliphatic carbocycles. The van der Waals surface area contributed by atoms with Crippen molar-refractivity contribution in [2.75, 3.05) is 10.6 Å². The summed E-state index contributed by atoms with van der Waals surface area (Å²) in [5, 5.41) is 21.0. The van der Waals surface area contributed by atoms with Crippen molar-refractivity contribution in [3.63, 3.8) is 0 Å². The number of aromatic amines is 2. The molecule has 3 aromatic carbocycles. The summed E-state index contributed by atoms with van der Waals surface area (Å²) in [5.74, 6) is 0.227. The topological polar surface area (TPSA) is 128 Å². The van der Waals surface area contributed by atoms with Gasteiger partial charge >= 0.3 is 0 Å². The molecule has 0 radical (unpaired) electrons. The highest BCUT2D eigenvalue weighted by atomic mass is 35.5. The number of amides is 2. The van der Waals surface area contributed by atoms with E-state index in [9.17, 15) is 9.59 Å². The van der Waals surface area contributed by atoms with Gasteiger partial charge in [0.25, 0.3) is 5.91 Å². The molecule has 10 heteroatoms. The summed E-state index contributed by atoms with van der Waals surface area (Å²) >= 11 is 6.13. The number of benzene rings is 3. The van der Waals surface area contributed by atoms with E-state index in [4.69, 9.17) is 11.6 Å². The van der Waals surface area contributed by atoms with E-state index in [2.05, 4.69) is 62.2 Å². The maximum Gasteiger partial charge on any atom is 0.272 e. The van der Waals surface area contributed by atoms with Crippen molar-refractivity contribution >= 4 is 45.7 Å². The number of rotatable bonds is 7. The molecule has 0 saturated carbocycles. The van der Waals surface area contributed by atoms with Gasteiger partial charge in [-0.2, -0.15) is 5.21 Å². The number of carbonyl (C=O) groups excluding carboxylic acids is 2. The van der Waals surface area contributed by atoms with E-state index < -0.39 is 0 Å². The van der Waals surface area contributed by atoms with Crippen molar-refractivity contribution in [2.45, 2.75) is 26.2 Å². The van der Waals surface area contributed by atoms with E-state index in [0.29, 0.717) is 44.9 Å². The highest BCUT2D eigenvalue weighted by Gasteiger charge is 2.17. The first-order valence-electron chi connectivity index (χ1n) is 11.7. The fourth-order valence-electron chi connectivity index (χ4n) is 4.06. The third-order valence-electron chi connectivity index (χ3n) is 6.00. The van der Waals surface area contributed by atoms with Crippen LogP contribution in [0.3, 0.4) is 0 Å². The van der Waals surface area contributed by atoms with Crippen molar-refractivity contribution in [1.29, 1.82) is 0 Å². The Hall–Kier alpha value is -4.50. The predicted octanol–water partition coefficient (Wildman–Crippen LogP) is 5.56.